The molecule has 59 heavy (non-hydrogen) atoms. The first-order valence-corrected chi connectivity index (χ1v) is 20.1. The van der Waals surface area contributed by atoms with Crippen molar-refractivity contribution in [1.82, 2.24) is 29.7 Å². The number of nitrogens with zero attached hydrogens (tertiary/aromatic N) is 4. The maximum absolute atomic E-state index is 16.2. The summed E-state index contributed by atoms with van der Waals surface area (Å²) in [4.78, 5) is 45.3. The number of fused-ring (bicyclic) bond motifs is 4. The Labute approximate surface area is 338 Å². The van der Waals surface area contributed by atoms with E-state index in [0.29, 0.717) is 78.5 Å². The predicted octanol–water partition coefficient (Wildman–Crippen LogP) is 9.62. The third-order valence-electron chi connectivity index (χ3n) is 11.7. The van der Waals surface area contributed by atoms with Gasteiger partial charge in [0.15, 0.2) is 5.79 Å². The number of carbonyl (C=O) groups is 2. The first-order chi connectivity index (χ1) is 27.9. The SMILES string of the molecule is CC(C)CC(=O)N1CC2(CC1c1ncc(-c3ccc4c(c3)C(F)(F)C(F)(F)c3cc(-c5ccc6nc([C@@H]7CCCN7C(=O)OC(C)(C)C)[nH]c6c5)ccc3-4)[nH]1)OCCO2. The van der Waals surface area contributed by atoms with Crippen LogP contribution in [0.3, 0.4) is 0 Å². The molecule has 0 bridgehead atoms. The number of aromatic nitrogens is 4. The van der Waals surface area contributed by atoms with Gasteiger partial charge in [-0.15, -0.1) is 0 Å². The summed E-state index contributed by atoms with van der Waals surface area (Å²) in [6.45, 7) is 10.9. The van der Waals surface area contributed by atoms with E-state index in [1.54, 1.807) is 40.1 Å². The number of nitrogens with one attached hydrogen (secondary N) is 2. The molecule has 1 aliphatic carbocycles. The summed E-state index contributed by atoms with van der Waals surface area (Å²) < 4.78 is 82.2. The van der Waals surface area contributed by atoms with Crippen LogP contribution in [-0.4, -0.2) is 79.4 Å². The zero-order valence-corrected chi connectivity index (χ0v) is 33.5. The minimum atomic E-state index is -4.55. The highest BCUT2D eigenvalue weighted by atomic mass is 19.3. The number of imidazole rings is 2. The molecule has 310 valence electrons. The van der Waals surface area contributed by atoms with Gasteiger partial charge < -0.3 is 29.1 Å². The zero-order chi connectivity index (χ0) is 41.6. The fourth-order valence-corrected chi connectivity index (χ4v) is 8.89. The number of alkyl halides is 4. The topological polar surface area (TPSA) is 126 Å². The van der Waals surface area contributed by atoms with Crippen molar-refractivity contribution in [3.63, 3.8) is 0 Å². The molecule has 0 radical (unpaired) electrons. The molecular weight excluding hydrogens is 769 g/mol. The first-order valence-electron chi connectivity index (χ1n) is 20.1. The molecule has 3 aliphatic heterocycles. The summed E-state index contributed by atoms with van der Waals surface area (Å²) in [5, 5.41) is 0. The number of halogens is 4. The van der Waals surface area contributed by atoms with E-state index in [4.69, 9.17) is 19.2 Å². The Bertz CT molecular complexity index is 2470. The molecule has 1 unspecified atom stereocenters. The second-order valence-electron chi connectivity index (χ2n) is 17.5. The van der Waals surface area contributed by atoms with Crippen molar-refractivity contribution in [1.29, 1.82) is 0 Å². The molecule has 1 spiro atoms. The van der Waals surface area contributed by atoms with Crippen molar-refractivity contribution in [2.45, 2.75) is 95.6 Å². The molecule has 5 heterocycles. The molecule has 5 aromatic rings. The quantitative estimate of drug-likeness (QED) is 0.164. The third-order valence-corrected chi connectivity index (χ3v) is 11.7. The lowest BCUT2D eigenvalue weighted by molar-refractivity contribution is -0.225. The molecule has 3 saturated heterocycles. The van der Waals surface area contributed by atoms with Crippen LogP contribution in [0.5, 0.6) is 0 Å². The van der Waals surface area contributed by atoms with Crippen LogP contribution < -0.4 is 0 Å². The highest BCUT2D eigenvalue weighted by Crippen LogP contribution is 2.59. The molecule has 4 aliphatic rings. The van der Waals surface area contributed by atoms with Gasteiger partial charge in [0.05, 0.1) is 54.8 Å². The van der Waals surface area contributed by atoms with E-state index in [0.717, 1.165) is 18.6 Å². The van der Waals surface area contributed by atoms with Crippen molar-refractivity contribution in [2.24, 2.45) is 5.92 Å². The molecule has 11 nitrogen and oxygen atoms in total. The molecule has 3 aromatic carbocycles. The second-order valence-corrected chi connectivity index (χ2v) is 17.5. The molecule has 2 aromatic heterocycles. The Hall–Kier alpha value is -5.28. The standard InChI is InChI=1S/C44H46F4N6O5/c1-24(2)17-37(55)54-23-42(57-15-16-58-42)21-36(54)38-49-22-34(52-38)27-9-12-29-28-11-8-25(18-30(28)43(45,46)44(47,48)31(29)19-27)26-10-13-32-33(20-26)51-39(50-32)35-7-6-14-53(35)40(56)59-41(3,4)5/h8-13,18-20,22,24,35-36H,6-7,14-17,21,23H2,1-5H3,(H,49,52)(H,50,51)/t35-,36?/m0/s1. The first kappa shape index (κ1) is 39.2. The average Bonchev–Trinajstić information content (AvgIpc) is 4.03. The number of rotatable bonds is 6. The lowest BCUT2D eigenvalue weighted by atomic mass is 9.78. The lowest BCUT2D eigenvalue weighted by Gasteiger charge is -2.35. The van der Waals surface area contributed by atoms with Crippen LogP contribution >= 0.6 is 0 Å². The number of amides is 2. The smallest absolute Gasteiger partial charge is 0.410 e. The van der Waals surface area contributed by atoms with E-state index in [1.165, 1.54) is 18.3 Å². The van der Waals surface area contributed by atoms with Gasteiger partial charge in [0, 0.05) is 36.1 Å². The Morgan fingerprint density at radius 3 is 2.19 bits per heavy atom. The molecule has 15 heteroatoms. The largest absolute Gasteiger partial charge is 0.444 e. The van der Waals surface area contributed by atoms with Crippen LogP contribution in [0.25, 0.3) is 44.5 Å². The van der Waals surface area contributed by atoms with Gasteiger partial charge in [-0.3, -0.25) is 9.69 Å². The summed E-state index contributed by atoms with van der Waals surface area (Å²) in [6, 6.07) is 12.8. The van der Waals surface area contributed by atoms with E-state index in [2.05, 4.69) is 15.0 Å². The molecule has 0 saturated carbocycles. The number of hydrogen-bond acceptors (Lipinski definition) is 7. The molecule has 2 amide bonds. The highest BCUT2D eigenvalue weighted by Gasteiger charge is 2.63. The minimum absolute atomic E-state index is 0.00412. The summed E-state index contributed by atoms with van der Waals surface area (Å²) in [6.07, 6.45) is 3.17. The maximum atomic E-state index is 16.2. The van der Waals surface area contributed by atoms with Crippen LogP contribution in [0, 0.1) is 5.92 Å². The number of likely N-dealkylation sites (tertiary alicyclic amines) is 2. The second kappa shape index (κ2) is 13.9. The Morgan fingerprint density at radius 2 is 1.51 bits per heavy atom. The van der Waals surface area contributed by atoms with Crippen molar-refractivity contribution in [3.8, 4) is 33.5 Å². The number of ether oxygens (including phenoxy) is 3. The van der Waals surface area contributed by atoms with Gasteiger partial charge in [-0.05, 0) is 86.1 Å². The summed E-state index contributed by atoms with van der Waals surface area (Å²) in [5.41, 5.74) is 0.486. The van der Waals surface area contributed by atoms with E-state index in [-0.39, 0.29) is 41.1 Å². The van der Waals surface area contributed by atoms with E-state index >= 15 is 17.6 Å². The zero-order valence-electron chi connectivity index (χ0n) is 33.5. The summed E-state index contributed by atoms with van der Waals surface area (Å²) in [5.74, 6) is -9.00. The van der Waals surface area contributed by atoms with Crippen molar-refractivity contribution >= 4 is 23.0 Å². The van der Waals surface area contributed by atoms with Crippen LogP contribution in [0.15, 0.2) is 60.8 Å². The third kappa shape index (κ3) is 6.75. The van der Waals surface area contributed by atoms with E-state index < -0.39 is 46.5 Å². The number of aromatic amines is 2. The van der Waals surface area contributed by atoms with Gasteiger partial charge in [-0.25, -0.2) is 14.8 Å². The molecule has 3 fully saturated rings. The Balaban J connectivity index is 1.01. The van der Waals surface area contributed by atoms with E-state index in [9.17, 15) is 9.59 Å². The normalized spacial score (nSPS) is 21.7. The van der Waals surface area contributed by atoms with E-state index in [1.807, 2.05) is 34.6 Å². The average molecular weight is 815 g/mol. The van der Waals surface area contributed by atoms with Gasteiger partial charge >= 0.3 is 17.9 Å². The predicted molar refractivity (Wildman–Crippen MR) is 210 cm³/mol. The van der Waals surface area contributed by atoms with Gasteiger partial charge in [0.2, 0.25) is 5.91 Å². The number of benzene rings is 3. The van der Waals surface area contributed by atoms with Gasteiger partial charge in [0.1, 0.15) is 17.2 Å². The van der Waals surface area contributed by atoms with Crippen LogP contribution in [0.4, 0.5) is 22.4 Å². The summed E-state index contributed by atoms with van der Waals surface area (Å²) in [7, 11) is 0. The summed E-state index contributed by atoms with van der Waals surface area (Å²) >= 11 is 0. The van der Waals surface area contributed by atoms with Gasteiger partial charge in [-0.2, -0.15) is 17.6 Å². The number of carbonyl (C=O) groups excluding carboxylic acids is 2. The fourth-order valence-electron chi connectivity index (χ4n) is 8.89. The van der Waals surface area contributed by atoms with Crippen LogP contribution in [0.2, 0.25) is 0 Å². The minimum Gasteiger partial charge on any atom is -0.444 e. The molecular formula is C44H46F4N6O5. The van der Waals surface area contributed by atoms with Crippen molar-refractivity contribution < 1.29 is 41.4 Å². The molecule has 2 N–H and O–H groups in total. The monoisotopic (exact) mass is 814 g/mol. The number of H-pyrrole nitrogens is 2. The molecule has 2 atom stereocenters. The fraction of sp³-hybridized carbons (Fsp3) is 0.455. The van der Waals surface area contributed by atoms with Gasteiger partial charge in [-0.1, -0.05) is 44.2 Å². The number of hydrogen-bond donors (Lipinski definition) is 2. The molecule has 9 rings (SSSR count). The van der Waals surface area contributed by atoms with Crippen LogP contribution in [-0.2, 0) is 30.9 Å². The van der Waals surface area contributed by atoms with Crippen molar-refractivity contribution in [2.75, 3.05) is 26.3 Å². The lowest BCUT2D eigenvalue weighted by Crippen LogP contribution is -2.39. The van der Waals surface area contributed by atoms with Gasteiger partial charge in [0.25, 0.3) is 0 Å². The van der Waals surface area contributed by atoms with Crippen LogP contribution in [0.1, 0.15) is 95.2 Å². The van der Waals surface area contributed by atoms with Crippen molar-refractivity contribution in [3.05, 3.63) is 83.6 Å². The maximum Gasteiger partial charge on any atom is 0.410 e. The Morgan fingerprint density at radius 1 is 0.864 bits per heavy atom. The Kier molecular flexibility index (Phi) is 9.24. The highest BCUT2D eigenvalue weighted by molar-refractivity contribution is 5.85.